The Morgan fingerprint density at radius 1 is 1.00 bits per heavy atom. The van der Waals surface area contributed by atoms with Crippen LogP contribution < -0.4 is 16.2 Å². The predicted molar refractivity (Wildman–Crippen MR) is 160 cm³/mol. The molecule has 1 aromatic heterocycles. The molecule has 0 radical (unpaired) electrons. The third-order valence-electron chi connectivity index (χ3n) is 6.72. The van der Waals surface area contributed by atoms with E-state index in [0.717, 1.165) is 24.7 Å². The van der Waals surface area contributed by atoms with Gasteiger partial charge < -0.3 is 20.3 Å². The molecule has 222 valence electrons. The summed E-state index contributed by atoms with van der Waals surface area (Å²) in [6.07, 6.45) is 2.85. The maximum atomic E-state index is 13.3. The Morgan fingerprint density at radius 2 is 1.79 bits per heavy atom. The first-order valence-corrected chi connectivity index (χ1v) is 15.1. The molecule has 0 saturated carbocycles. The first kappa shape index (κ1) is 30.8. The van der Waals surface area contributed by atoms with Crippen molar-refractivity contribution in [3.8, 4) is 0 Å². The summed E-state index contributed by atoms with van der Waals surface area (Å²) in [6.45, 7) is 4.19. The molecule has 12 heteroatoms. The van der Waals surface area contributed by atoms with Gasteiger partial charge in [-0.15, -0.1) is 0 Å². The van der Waals surface area contributed by atoms with Crippen LogP contribution in [0.5, 0.6) is 0 Å². The molecule has 3 amide bonds. The van der Waals surface area contributed by atoms with E-state index in [1.165, 1.54) is 4.57 Å². The number of aromatic nitrogens is 2. The van der Waals surface area contributed by atoms with Crippen LogP contribution in [0.3, 0.4) is 0 Å². The predicted octanol–water partition coefficient (Wildman–Crippen LogP) is 3.21. The molecule has 1 aliphatic rings. The lowest BCUT2D eigenvalue weighted by Gasteiger charge is -2.15. The van der Waals surface area contributed by atoms with Gasteiger partial charge in [0, 0.05) is 44.7 Å². The summed E-state index contributed by atoms with van der Waals surface area (Å²) in [5.74, 6) is -0.671. The Kier molecular flexibility index (Phi) is 11.1. The van der Waals surface area contributed by atoms with Gasteiger partial charge >= 0.3 is 5.97 Å². The first-order chi connectivity index (χ1) is 20.4. The third-order valence-corrected chi connectivity index (χ3v) is 7.70. The normalized spacial score (nSPS) is 12.9. The molecule has 0 spiro atoms. The fraction of sp³-hybridized carbons (Fsp3) is 0.400. The monoisotopic (exact) mass is 593 g/mol. The molecule has 0 bridgehead atoms. The number of hydrogen-bond donors (Lipinski definition) is 2. The molecule has 3 aromatic rings. The van der Waals surface area contributed by atoms with Gasteiger partial charge in [0.25, 0.3) is 5.56 Å². The summed E-state index contributed by atoms with van der Waals surface area (Å²) in [5, 5.41) is 6.52. The second-order valence-corrected chi connectivity index (χ2v) is 10.7. The molecule has 0 atom stereocenters. The van der Waals surface area contributed by atoms with E-state index in [-0.39, 0.29) is 48.6 Å². The van der Waals surface area contributed by atoms with Crippen LogP contribution in [0, 0.1) is 0 Å². The van der Waals surface area contributed by atoms with E-state index < -0.39 is 5.97 Å². The molecule has 2 N–H and O–H groups in total. The van der Waals surface area contributed by atoms with Gasteiger partial charge in [0.05, 0.1) is 28.8 Å². The Balaban J connectivity index is 1.32. The molecular formula is C30H35N5O6S. The van der Waals surface area contributed by atoms with Gasteiger partial charge in [0.2, 0.25) is 17.7 Å². The highest BCUT2D eigenvalue weighted by Crippen LogP contribution is 2.19. The molecule has 42 heavy (non-hydrogen) atoms. The number of carbonyl (C=O) groups is 4. The molecule has 0 aliphatic carbocycles. The largest absolute Gasteiger partial charge is 0.462 e. The number of ether oxygens (including phenoxy) is 1. The van der Waals surface area contributed by atoms with E-state index in [1.54, 1.807) is 55.5 Å². The summed E-state index contributed by atoms with van der Waals surface area (Å²) in [4.78, 5) is 68.3. The van der Waals surface area contributed by atoms with Gasteiger partial charge in [-0.3, -0.25) is 23.7 Å². The average molecular weight is 594 g/mol. The highest BCUT2D eigenvalue weighted by molar-refractivity contribution is 7.99. The van der Waals surface area contributed by atoms with E-state index in [2.05, 4.69) is 15.6 Å². The Hall–Kier alpha value is -4.19. The number of nitrogens with zero attached hydrogens (tertiary/aromatic N) is 3. The molecule has 2 aromatic carbocycles. The zero-order chi connectivity index (χ0) is 29.9. The van der Waals surface area contributed by atoms with E-state index in [1.807, 2.05) is 4.90 Å². The van der Waals surface area contributed by atoms with E-state index in [9.17, 15) is 24.0 Å². The van der Waals surface area contributed by atoms with Gasteiger partial charge in [-0.2, -0.15) is 0 Å². The van der Waals surface area contributed by atoms with Crippen molar-refractivity contribution in [2.24, 2.45) is 0 Å². The van der Waals surface area contributed by atoms with Gasteiger partial charge in [-0.25, -0.2) is 9.78 Å². The van der Waals surface area contributed by atoms with Crippen LogP contribution in [0.15, 0.2) is 58.5 Å². The smallest absolute Gasteiger partial charge is 0.338 e. The molecule has 1 aliphatic heterocycles. The van der Waals surface area contributed by atoms with Crippen LogP contribution >= 0.6 is 11.8 Å². The minimum Gasteiger partial charge on any atom is -0.462 e. The maximum absolute atomic E-state index is 13.3. The zero-order valence-electron chi connectivity index (χ0n) is 23.6. The number of amides is 3. The molecule has 4 rings (SSSR count). The second-order valence-electron chi connectivity index (χ2n) is 9.79. The van der Waals surface area contributed by atoms with E-state index in [0.29, 0.717) is 59.7 Å². The zero-order valence-corrected chi connectivity index (χ0v) is 24.4. The molecule has 1 saturated heterocycles. The first-order valence-electron chi connectivity index (χ1n) is 14.1. The van der Waals surface area contributed by atoms with Crippen molar-refractivity contribution >= 4 is 52.0 Å². The SMILES string of the molecule is CCOC(=O)c1ccc(NC(=O)CSc2nc3ccccc3c(=O)n2CCCC(=O)NCCCN2CCCC2=O)cc1. The minimum absolute atomic E-state index is 0.00438. The van der Waals surface area contributed by atoms with Crippen LogP contribution in [0.1, 0.15) is 49.4 Å². The lowest BCUT2D eigenvalue weighted by atomic mass is 10.2. The number of likely N-dealkylation sites (tertiary alicyclic amines) is 1. The Morgan fingerprint density at radius 3 is 2.52 bits per heavy atom. The number of nitrogens with one attached hydrogen (secondary N) is 2. The van der Waals surface area contributed by atoms with Crippen LogP contribution in [0.25, 0.3) is 10.9 Å². The Labute approximate surface area is 248 Å². The van der Waals surface area contributed by atoms with Gasteiger partial charge in [0.1, 0.15) is 0 Å². The van der Waals surface area contributed by atoms with E-state index in [4.69, 9.17) is 4.74 Å². The topological polar surface area (TPSA) is 140 Å². The number of benzene rings is 2. The maximum Gasteiger partial charge on any atom is 0.338 e. The number of carbonyl (C=O) groups excluding carboxylic acids is 4. The lowest BCUT2D eigenvalue weighted by Crippen LogP contribution is -2.31. The summed E-state index contributed by atoms with van der Waals surface area (Å²) in [7, 11) is 0. The van der Waals surface area contributed by atoms with Crippen LogP contribution in [-0.4, -0.2) is 70.1 Å². The number of fused-ring (bicyclic) bond motifs is 1. The van der Waals surface area contributed by atoms with Gasteiger partial charge in [-0.1, -0.05) is 23.9 Å². The van der Waals surface area contributed by atoms with E-state index >= 15 is 0 Å². The standard InChI is InChI=1S/C30H35N5O6S/c1-2-41-29(40)21-12-14-22(15-13-21)32-26(37)20-42-30-33-24-9-4-3-8-23(24)28(39)35(30)19-5-10-25(36)31-16-7-18-34-17-6-11-27(34)38/h3-4,8-9,12-15H,2,5-7,10-11,16-20H2,1H3,(H,31,36)(H,32,37). The van der Waals surface area contributed by atoms with Gasteiger partial charge in [-0.05, 0) is 62.6 Å². The number of esters is 1. The number of rotatable bonds is 14. The number of hydrogen-bond acceptors (Lipinski definition) is 8. The molecule has 0 unspecified atom stereocenters. The van der Waals surface area contributed by atoms with Crippen molar-refractivity contribution in [3.05, 3.63) is 64.4 Å². The average Bonchev–Trinajstić information content (AvgIpc) is 3.40. The number of anilines is 1. The second kappa shape index (κ2) is 15.2. The molecule has 1 fully saturated rings. The van der Waals surface area contributed by atoms with Crippen molar-refractivity contribution in [2.75, 3.05) is 37.3 Å². The third kappa shape index (κ3) is 8.41. The van der Waals surface area contributed by atoms with Gasteiger partial charge in [0.15, 0.2) is 5.16 Å². The van der Waals surface area contributed by atoms with Crippen molar-refractivity contribution in [2.45, 2.75) is 50.7 Å². The summed E-state index contributed by atoms with van der Waals surface area (Å²) >= 11 is 1.14. The fourth-order valence-electron chi connectivity index (χ4n) is 4.61. The fourth-order valence-corrected chi connectivity index (χ4v) is 5.44. The number of para-hydroxylation sites is 1. The van der Waals surface area contributed by atoms with Crippen LogP contribution in [-0.2, 0) is 25.7 Å². The highest BCUT2D eigenvalue weighted by Gasteiger charge is 2.19. The van der Waals surface area contributed by atoms with Crippen molar-refractivity contribution in [1.82, 2.24) is 19.8 Å². The summed E-state index contributed by atoms with van der Waals surface area (Å²) < 4.78 is 6.49. The van der Waals surface area contributed by atoms with Crippen LogP contribution in [0.2, 0.25) is 0 Å². The van der Waals surface area contributed by atoms with Crippen LogP contribution in [0.4, 0.5) is 5.69 Å². The number of thioether (sulfide) groups is 1. The highest BCUT2D eigenvalue weighted by atomic mass is 32.2. The van der Waals surface area contributed by atoms with Crippen molar-refractivity contribution < 1.29 is 23.9 Å². The molecule has 2 heterocycles. The van der Waals surface area contributed by atoms with Crippen molar-refractivity contribution in [3.63, 3.8) is 0 Å². The quantitative estimate of drug-likeness (QED) is 0.126. The summed E-state index contributed by atoms with van der Waals surface area (Å²) in [5.41, 5.74) is 1.22. The minimum atomic E-state index is -0.432. The summed E-state index contributed by atoms with van der Waals surface area (Å²) in [6, 6.07) is 13.4. The molecule has 11 nitrogen and oxygen atoms in total. The molecular weight excluding hydrogens is 558 g/mol. The van der Waals surface area contributed by atoms with Crippen molar-refractivity contribution in [1.29, 1.82) is 0 Å². The lowest BCUT2D eigenvalue weighted by molar-refractivity contribution is -0.127. The Bertz CT molecular complexity index is 1490.